The van der Waals surface area contributed by atoms with Crippen molar-refractivity contribution in [1.82, 2.24) is 15.2 Å². The third-order valence-corrected chi connectivity index (χ3v) is 3.12. The van der Waals surface area contributed by atoms with Gasteiger partial charge in [-0.1, -0.05) is 30.3 Å². The Morgan fingerprint density at radius 3 is 2.63 bits per heavy atom. The monoisotopic (exact) mass is 253 g/mol. The quantitative estimate of drug-likeness (QED) is 0.777. The summed E-state index contributed by atoms with van der Waals surface area (Å²) < 4.78 is 5.56. The average Bonchev–Trinajstić information content (AvgIpc) is 3.08. The van der Waals surface area contributed by atoms with Crippen molar-refractivity contribution in [1.29, 1.82) is 0 Å². The summed E-state index contributed by atoms with van der Waals surface area (Å²) in [5.41, 5.74) is 1.21. The van der Waals surface area contributed by atoms with Crippen LogP contribution in [-0.4, -0.2) is 15.2 Å². The van der Waals surface area contributed by atoms with Crippen LogP contribution in [0.3, 0.4) is 0 Å². The molecule has 0 aliphatic heterocycles. The molecule has 0 bridgehead atoms. The highest BCUT2D eigenvalue weighted by Crippen LogP contribution is 2.27. The van der Waals surface area contributed by atoms with E-state index in [-0.39, 0.29) is 5.92 Å². The van der Waals surface area contributed by atoms with E-state index in [1.54, 1.807) is 6.26 Å². The van der Waals surface area contributed by atoms with Crippen LogP contribution in [0.5, 0.6) is 0 Å². The Morgan fingerprint density at radius 2 is 2.00 bits per heavy atom. The van der Waals surface area contributed by atoms with Crippen LogP contribution < -0.4 is 0 Å². The molecule has 0 fully saturated rings. The van der Waals surface area contributed by atoms with Crippen LogP contribution in [0.1, 0.15) is 28.9 Å². The standard InChI is InChI=1S/C15H15N3O/c1-11-16-15(18-17-11)10-13(14-8-5-9-19-14)12-6-3-2-4-7-12/h2-9,13H,10H2,1H3,(H,16,17,18)/t13-/m0/s1. The van der Waals surface area contributed by atoms with E-state index in [0.29, 0.717) is 0 Å². The molecule has 3 rings (SSSR count). The Bertz CT molecular complexity index is 628. The van der Waals surface area contributed by atoms with E-state index >= 15 is 0 Å². The van der Waals surface area contributed by atoms with Crippen LogP contribution in [0.25, 0.3) is 0 Å². The van der Waals surface area contributed by atoms with Gasteiger partial charge in [0.1, 0.15) is 11.6 Å². The highest BCUT2D eigenvalue weighted by atomic mass is 16.3. The molecule has 19 heavy (non-hydrogen) atoms. The maximum Gasteiger partial charge on any atom is 0.151 e. The van der Waals surface area contributed by atoms with Crippen LogP contribution in [0.15, 0.2) is 53.1 Å². The molecule has 1 aromatic carbocycles. The fourth-order valence-electron chi connectivity index (χ4n) is 2.22. The molecule has 0 radical (unpaired) electrons. The van der Waals surface area contributed by atoms with Crippen molar-refractivity contribution >= 4 is 0 Å². The summed E-state index contributed by atoms with van der Waals surface area (Å²) in [7, 11) is 0. The summed E-state index contributed by atoms with van der Waals surface area (Å²) in [6.07, 6.45) is 2.43. The molecule has 0 saturated heterocycles. The van der Waals surface area contributed by atoms with Gasteiger partial charge < -0.3 is 4.42 Å². The number of furan rings is 1. The molecule has 0 aliphatic rings. The van der Waals surface area contributed by atoms with Crippen molar-refractivity contribution in [3.63, 3.8) is 0 Å². The molecule has 0 unspecified atom stereocenters. The van der Waals surface area contributed by atoms with Gasteiger partial charge in [-0.25, -0.2) is 4.98 Å². The van der Waals surface area contributed by atoms with Crippen molar-refractivity contribution in [2.45, 2.75) is 19.3 Å². The molecular weight excluding hydrogens is 238 g/mol. The molecule has 0 spiro atoms. The summed E-state index contributed by atoms with van der Waals surface area (Å²) in [4.78, 5) is 4.38. The van der Waals surface area contributed by atoms with E-state index in [2.05, 4.69) is 27.3 Å². The van der Waals surface area contributed by atoms with Crippen LogP contribution in [0.2, 0.25) is 0 Å². The Hall–Kier alpha value is -2.36. The number of nitrogens with zero attached hydrogens (tertiary/aromatic N) is 2. The second-order valence-electron chi connectivity index (χ2n) is 4.52. The molecule has 0 amide bonds. The van der Waals surface area contributed by atoms with E-state index in [1.165, 1.54) is 5.56 Å². The molecule has 1 atom stereocenters. The van der Waals surface area contributed by atoms with Crippen molar-refractivity contribution in [3.8, 4) is 0 Å². The number of rotatable bonds is 4. The summed E-state index contributed by atoms with van der Waals surface area (Å²) in [6.45, 7) is 1.90. The fourth-order valence-corrected chi connectivity index (χ4v) is 2.22. The maximum absolute atomic E-state index is 5.56. The highest BCUT2D eigenvalue weighted by Gasteiger charge is 2.19. The summed E-state index contributed by atoms with van der Waals surface area (Å²) in [5.74, 6) is 2.73. The predicted molar refractivity (Wildman–Crippen MR) is 71.8 cm³/mol. The number of H-pyrrole nitrogens is 1. The molecule has 2 aromatic heterocycles. The summed E-state index contributed by atoms with van der Waals surface area (Å²) >= 11 is 0. The lowest BCUT2D eigenvalue weighted by molar-refractivity contribution is 0.481. The van der Waals surface area contributed by atoms with Gasteiger partial charge in [-0.05, 0) is 24.6 Å². The zero-order chi connectivity index (χ0) is 13.1. The molecule has 2 heterocycles. The number of hydrogen-bond acceptors (Lipinski definition) is 3. The van der Waals surface area contributed by atoms with Gasteiger partial charge in [-0.3, -0.25) is 5.10 Å². The topological polar surface area (TPSA) is 54.7 Å². The fraction of sp³-hybridized carbons (Fsp3) is 0.200. The molecule has 96 valence electrons. The minimum atomic E-state index is 0.145. The van der Waals surface area contributed by atoms with Crippen molar-refractivity contribution in [3.05, 3.63) is 71.7 Å². The number of aromatic nitrogens is 3. The van der Waals surface area contributed by atoms with Gasteiger partial charge in [0.25, 0.3) is 0 Å². The molecule has 3 aromatic rings. The minimum absolute atomic E-state index is 0.145. The van der Waals surface area contributed by atoms with Gasteiger partial charge in [-0.2, -0.15) is 5.10 Å². The van der Waals surface area contributed by atoms with Gasteiger partial charge >= 0.3 is 0 Å². The average molecular weight is 253 g/mol. The zero-order valence-electron chi connectivity index (χ0n) is 10.7. The number of benzene rings is 1. The van der Waals surface area contributed by atoms with Crippen molar-refractivity contribution in [2.75, 3.05) is 0 Å². The lowest BCUT2D eigenvalue weighted by atomic mass is 9.93. The second kappa shape index (κ2) is 5.10. The third-order valence-electron chi connectivity index (χ3n) is 3.12. The number of nitrogens with one attached hydrogen (secondary N) is 1. The lowest BCUT2D eigenvalue weighted by Crippen LogP contribution is -2.05. The van der Waals surface area contributed by atoms with Gasteiger partial charge in [-0.15, -0.1) is 0 Å². The van der Waals surface area contributed by atoms with E-state index < -0.39 is 0 Å². The summed E-state index contributed by atoms with van der Waals surface area (Å²) in [5, 5.41) is 7.09. The molecule has 4 heteroatoms. The van der Waals surface area contributed by atoms with Crippen molar-refractivity contribution < 1.29 is 4.42 Å². The van der Waals surface area contributed by atoms with E-state index in [1.807, 2.05) is 37.3 Å². The Balaban J connectivity index is 1.93. The van der Waals surface area contributed by atoms with E-state index in [9.17, 15) is 0 Å². The number of aromatic amines is 1. The van der Waals surface area contributed by atoms with E-state index in [0.717, 1.165) is 23.8 Å². The molecule has 0 aliphatic carbocycles. The first kappa shape index (κ1) is 11.7. The zero-order valence-corrected chi connectivity index (χ0v) is 10.7. The highest BCUT2D eigenvalue weighted by molar-refractivity contribution is 5.28. The second-order valence-corrected chi connectivity index (χ2v) is 4.52. The first-order valence-corrected chi connectivity index (χ1v) is 6.29. The molecular formula is C15H15N3O. The molecule has 1 N–H and O–H groups in total. The first-order chi connectivity index (χ1) is 9.33. The van der Waals surface area contributed by atoms with Crippen molar-refractivity contribution in [2.24, 2.45) is 0 Å². The van der Waals surface area contributed by atoms with Crippen LogP contribution >= 0.6 is 0 Å². The smallest absolute Gasteiger partial charge is 0.151 e. The van der Waals surface area contributed by atoms with Gasteiger partial charge in [0.05, 0.1) is 6.26 Å². The Morgan fingerprint density at radius 1 is 1.16 bits per heavy atom. The van der Waals surface area contributed by atoms with Crippen LogP contribution in [0, 0.1) is 6.92 Å². The van der Waals surface area contributed by atoms with Gasteiger partial charge in [0, 0.05) is 12.3 Å². The first-order valence-electron chi connectivity index (χ1n) is 6.29. The minimum Gasteiger partial charge on any atom is -0.469 e. The normalized spacial score (nSPS) is 12.5. The molecule has 0 saturated carbocycles. The van der Waals surface area contributed by atoms with Crippen LogP contribution in [0.4, 0.5) is 0 Å². The lowest BCUT2D eigenvalue weighted by Gasteiger charge is -2.13. The van der Waals surface area contributed by atoms with E-state index in [4.69, 9.17) is 4.42 Å². The SMILES string of the molecule is Cc1nc(C[C@@H](c2ccccc2)c2ccco2)n[nH]1. The largest absolute Gasteiger partial charge is 0.469 e. The predicted octanol–water partition coefficient (Wildman–Crippen LogP) is 3.08. The Labute approximate surface area is 111 Å². The molecule has 4 nitrogen and oxygen atoms in total. The Kier molecular flexibility index (Phi) is 3.14. The summed E-state index contributed by atoms with van der Waals surface area (Å²) in [6, 6.07) is 14.2. The third kappa shape index (κ3) is 2.57. The van der Waals surface area contributed by atoms with Crippen LogP contribution in [-0.2, 0) is 6.42 Å². The van der Waals surface area contributed by atoms with Gasteiger partial charge in [0.2, 0.25) is 0 Å². The number of aryl methyl sites for hydroxylation is 1. The maximum atomic E-state index is 5.56. The van der Waals surface area contributed by atoms with Gasteiger partial charge in [0.15, 0.2) is 5.82 Å². The number of hydrogen-bond donors (Lipinski definition) is 1.